The lowest BCUT2D eigenvalue weighted by molar-refractivity contribution is -0.0390. The largest absolute Gasteiger partial charge is 0.388 e. The van der Waals surface area contributed by atoms with Gasteiger partial charge in [0.25, 0.3) is 0 Å². The third-order valence-corrected chi connectivity index (χ3v) is 3.71. The van der Waals surface area contributed by atoms with Crippen molar-refractivity contribution in [1.29, 1.82) is 0 Å². The summed E-state index contributed by atoms with van der Waals surface area (Å²) in [7, 11) is 4.02. The quantitative estimate of drug-likeness (QED) is 0.824. The molecular formula is C13H24N4O. The molecule has 102 valence electrons. The van der Waals surface area contributed by atoms with Crippen LogP contribution in [0.2, 0.25) is 0 Å². The molecule has 0 saturated carbocycles. The molecule has 1 saturated heterocycles. The van der Waals surface area contributed by atoms with Gasteiger partial charge in [-0.25, -0.2) is 0 Å². The van der Waals surface area contributed by atoms with Gasteiger partial charge in [0.15, 0.2) is 0 Å². The number of hydrogen-bond acceptors (Lipinski definition) is 4. The van der Waals surface area contributed by atoms with Crippen LogP contribution in [0.4, 0.5) is 0 Å². The number of nitrogens with one attached hydrogen (secondary N) is 1. The van der Waals surface area contributed by atoms with Crippen molar-refractivity contribution >= 4 is 0 Å². The van der Waals surface area contributed by atoms with Crippen LogP contribution in [0.1, 0.15) is 24.1 Å². The fourth-order valence-electron chi connectivity index (χ4n) is 2.63. The van der Waals surface area contributed by atoms with Crippen LogP contribution in [-0.2, 0) is 6.54 Å². The Hall–Kier alpha value is -0.910. The maximum atomic E-state index is 10.5. The van der Waals surface area contributed by atoms with Gasteiger partial charge in [0.05, 0.1) is 17.5 Å². The average molecular weight is 252 g/mol. The predicted octanol–water partition coefficient (Wildman–Crippen LogP) is 0.607. The number of hydrogen-bond donors (Lipinski definition) is 2. The number of H-pyrrole nitrogens is 1. The second-order valence-electron chi connectivity index (χ2n) is 5.77. The Balaban J connectivity index is 1.85. The molecule has 18 heavy (non-hydrogen) atoms. The molecule has 0 atom stereocenters. The smallest absolute Gasteiger partial charge is 0.0798 e. The number of rotatable bonds is 4. The molecule has 0 unspecified atom stereocenters. The first-order chi connectivity index (χ1) is 8.48. The average Bonchev–Trinajstić information content (AvgIpc) is 2.67. The summed E-state index contributed by atoms with van der Waals surface area (Å²) < 4.78 is 0. The van der Waals surface area contributed by atoms with Crippen molar-refractivity contribution in [3.63, 3.8) is 0 Å². The van der Waals surface area contributed by atoms with E-state index in [9.17, 15) is 5.11 Å². The Bertz CT molecular complexity index is 380. The lowest BCUT2D eigenvalue weighted by atomic mass is 9.91. The molecule has 2 N–H and O–H groups in total. The number of aromatic amines is 1. The van der Waals surface area contributed by atoms with Gasteiger partial charge in [-0.2, -0.15) is 5.10 Å². The molecule has 1 fully saturated rings. The molecular weight excluding hydrogens is 228 g/mol. The van der Waals surface area contributed by atoms with Gasteiger partial charge in [0.2, 0.25) is 0 Å². The lowest BCUT2D eigenvalue weighted by Crippen LogP contribution is -2.49. The molecule has 0 spiro atoms. The number of piperidine rings is 1. The third kappa shape index (κ3) is 3.31. The summed E-state index contributed by atoms with van der Waals surface area (Å²) in [5.41, 5.74) is 1.89. The van der Waals surface area contributed by atoms with Crippen LogP contribution in [0.15, 0.2) is 6.20 Å². The summed E-state index contributed by atoms with van der Waals surface area (Å²) in [5, 5.41) is 17.5. The number of likely N-dealkylation sites (tertiary alicyclic amines) is 1. The second kappa shape index (κ2) is 5.38. The van der Waals surface area contributed by atoms with Crippen LogP contribution < -0.4 is 0 Å². The Kier molecular flexibility index (Phi) is 4.04. The zero-order valence-corrected chi connectivity index (χ0v) is 11.6. The summed E-state index contributed by atoms with van der Waals surface area (Å²) in [4.78, 5) is 4.44. The van der Waals surface area contributed by atoms with E-state index in [1.165, 1.54) is 11.3 Å². The number of nitrogens with zero attached hydrogens (tertiary/aromatic N) is 3. The minimum absolute atomic E-state index is 0.511. The van der Waals surface area contributed by atoms with Crippen LogP contribution in [0, 0.1) is 6.92 Å². The molecule has 0 bridgehead atoms. The number of aryl methyl sites for hydroxylation is 1. The van der Waals surface area contributed by atoms with E-state index in [0.29, 0.717) is 0 Å². The fraction of sp³-hybridized carbons (Fsp3) is 0.769. The van der Waals surface area contributed by atoms with E-state index in [4.69, 9.17) is 0 Å². The summed E-state index contributed by atoms with van der Waals surface area (Å²) in [5.74, 6) is 0. The molecule has 1 aromatic rings. The predicted molar refractivity (Wildman–Crippen MR) is 71.3 cm³/mol. The van der Waals surface area contributed by atoms with Gasteiger partial charge in [-0.05, 0) is 39.4 Å². The summed E-state index contributed by atoms with van der Waals surface area (Å²) in [6.45, 7) is 5.63. The minimum atomic E-state index is -0.511. The molecule has 2 heterocycles. The first-order valence-corrected chi connectivity index (χ1v) is 6.57. The lowest BCUT2D eigenvalue weighted by Gasteiger charge is -2.39. The Morgan fingerprint density at radius 1 is 1.44 bits per heavy atom. The minimum Gasteiger partial charge on any atom is -0.388 e. The molecule has 1 aliphatic heterocycles. The zero-order valence-electron chi connectivity index (χ0n) is 11.6. The highest BCUT2D eigenvalue weighted by atomic mass is 16.3. The molecule has 0 amide bonds. The molecule has 5 nitrogen and oxygen atoms in total. The summed E-state index contributed by atoms with van der Waals surface area (Å²) >= 11 is 0. The monoisotopic (exact) mass is 252 g/mol. The van der Waals surface area contributed by atoms with Crippen molar-refractivity contribution in [1.82, 2.24) is 20.0 Å². The van der Waals surface area contributed by atoms with Crippen LogP contribution in [0.25, 0.3) is 0 Å². The highest BCUT2D eigenvalue weighted by Gasteiger charge is 2.32. The van der Waals surface area contributed by atoms with Crippen LogP contribution in [-0.4, -0.2) is 64.4 Å². The number of aliphatic hydroxyl groups is 1. The Morgan fingerprint density at radius 3 is 2.61 bits per heavy atom. The van der Waals surface area contributed by atoms with Crippen LogP contribution in [0.3, 0.4) is 0 Å². The van der Waals surface area contributed by atoms with Crippen molar-refractivity contribution in [3.8, 4) is 0 Å². The first-order valence-electron chi connectivity index (χ1n) is 6.57. The molecule has 2 rings (SSSR count). The third-order valence-electron chi connectivity index (χ3n) is 3.71. The maximum absolute atomic E-state index is 10.5. The molecule has 0 radical (unpaired) electrons. The van der Waals surface area contributed by atoms with Gasteiger partial charge >= 0.3 is 0 Å². The highest BCUT2D eigenvalue weighted by Crippen LogP contribution is 2.24. The molecule has 0 aromatic carbocycles. The Morgan fingerprint density at radius 2 is 2.11 bits per heavy atom. The molecule has 1 aliphatic rings. The molecule has 0 aliphatic carbocycles. The van der Waals surface area contributed by atoms with Crippen molar-refractivity contribution in [2.45, 2.75) is 31.9 Å². The van der Waals surface area contributed by atoms with E-state index < -0.39 is 5.60 Å². The standard InChI is InChI=1S/C13H24N4O/c1-11-8-14-15-12(11)9-17-6-4-13(18,5-7-17)10-16(2)3/h8,18H,4-7,9-10H2,1-3H3,(H,14,15). The van der Waals surface area contributed by atoms with Crippen molar-refractivity contribution in [2.24, 2.45) is 0 Å². The van der Waals surface area contributed by atoms with Crippen molar-refractivity contribution < 1.29 is 5.11 Å². The van der Waals surface area contributed by atoms with Gasteiger partial charge in [-0.1, -0.05) is 0 Å². The molecule has 5 heteroatoms. The van der Waals surface area contributed by atoms with Gasteiger partial charge in [-0.3, -0.25) is 10.00 Å². The van der Waals surface area contributed by atoms with E-state index in [0.717, 1.165) is 39.0 Å². The van der Waals surface area contributed by atoms with Crippen molar-refractivity contribution in [3.05, 3.63) is 17.5 Å². The summed E-state index contributed by atoms with van der Waals surface area (Å²) in [6.07, 6.45) is 3.55. The zero-order chi connectivity index (χ0) is 13.2. The van der Waals surface area contributed by atoms with E-state index in [1.54, 1.807) is 0 Å². The van der Waals surface area contributed by atoms with Gasteiger partial charge in [0, 0.05) is 26.2 Å². The van der Waals surface area contributed by atoms with Gasteiger partial charge in [-0.15, -0.1) is 0 Å². The van der Waals surface area contributed by atoms with E-state index >= 15 is 0 Å². The fourth-order valence-corrected chi connectivity index (χ4v) is 2.63. The van der Waals surface area contributed by atoms with Crippen LogP contribution in [0.5, 0.6) is 0 Å². The van der Waals surface area contributed by atoms with E-state index in [1.807, 2.05) is 20.3 Å². The van der Waals surface area contributed by atoms with Gasteiger partial charge in [0.1, 0.15) is 0 Å². The molecule has 1 aromatic heterocycles. The SMILES string of the molecule is Cc1cn[nH]c1CN1CCC(O)(CN(C)C)CC1. The normalized spacial score (nSPS) is 20.5. The summed E-state index contributed by atoms with van der Waals surface area (Å²) in [6, 6.07) is 0. The number of likely N-dealkylation sites (N-methyl/N-ethyl adjacent to an activating group) is 1. The van der Waals surface area contributed by atoms with Gasteiger partial charge < -0.3 is 10.0 Å². The second-order valence-corrected chi connectivity index (χ2v) is 5.77. The Labute approximate surface area is 109 Å². The maximum Gasteiger partial charge on any atom is 0.0798 e. The van der Waals surface area contributed by atoms with E-state index in [-0.39, 0.29) is 0 Å². The van der Waals surface area contributed by atoms with Crippen molar-refractivity contribution in [2.75, 3.05) is 33.7 Å². The van der Waals surface area contributed by atoms with Crippen LogP contribution >= 0.6 is 0 Å². The number of aromatic nitrogens is 2. The first kappa shape index (κ1) is 13.5. The topological polar surface area (TPSA) is 55.4 Å². The van der Waals surface area contributed by atoms with E-state index in [2.05, 4.69) is 26.9 Å². The highest BCUT2D eigenvalue weighted by molar-refractivity contribution is 5.13.